The molecule has 0 bridgehead atoms. The highest BCUT2D eigenvalue weighted by Gasteiger charge is 2.31. The van der Waals surface area contributed by atoms with Crippen molar-refractivity contribution in [2.75, 3.05) is 0 Å². The number of nitrogens with one attached hydrogen (secondary N) is 2. The average molecular weight is 669 g/mol. The van der Waals surface area contributed by atoms with Crippen LogP contribution in [0.1, 0.15) is 56.5 Å². The zero-order valence-corrected chi connectivity index (χ0v) is 26.4. The van der Waals surface area contributed by atoms with Crippen LogP contribution < -0.4 is 10.0 Å². The maximum atomic E-state index is 14.6. The van der Waals surface area contributed by atoms with E-state index in [9.17, 15) is 30.8 Å². The van der Waals surface area contributed by atoms with Crippen LogP contribution in [0.15, 0.2) is 76.9 Å². The van der Waals surface area contributed by atoms with Crippen LogP contribution in [0.3, 0.4) is 0 Å². The number of aromatic nitrogens is 2. The second-order valence-electron chi connectivity index (χ2n) is 10.7. The van der Waals surface area contributed by atoms with Gasteiger partial charge in [0.2, 0.25) is 0 Å². The van der Waals surface area contributed by atoms with Gasteiger partial charge in [0.25, 0.3) is 16.4 Å². The van der Waals surface area contributed by atoms with Crippen LogP contribution in [0, 0.1) is 11.6 Å². The Balaban J connectivity index is 1.66. The van der Waals surface area contributed by atoms with Gasteiger partial charge in [-0.25, -0.2) is 40.5 Å². The molecule has 0 saturated carbocycles. The van der Waals surface area contributed by atoms with Crippen LogP contribution in [-0.4, -0.2) is 30.0 Å². The van der Waals surface area contributed by atoms with Crippen molar-refractivity contribution >= 4 is 39.4 Å². The minimum atomic E-state index is -4.18. The van der Waals surface area contributed by atoms with E-state index in [2.05, 4.69) is 10.3 Å². The maximum Gasteiger partial charge on any atom is 0.328 e. The highest BCUT2D eigenvalue weighted by molar-refractivity contribution is 7.98. The summed E-state index contributed by atoms with van der Waals surface area (Å²) >= 11 is 7.70. The fraction of sp³-hybridized carbons (Fsp3) is 0.267. The van der Waals surface area contributed by atoms with Gasteiger partial charge in [0.15, 0.2) is 5.16 Å². The van der Waals surface area contributed by atoms with Crippen LogP contribution in [-0.2, 0) is 21.2 Å². The van der Waals surface area contributed by atoms with E-state index in [4.69, 9.17) is 11.6 Å². The lowest BCUT2D eigenvalue weighted by molar-refractivity contribution is 0.146. The summed E-state index contributed by atoms with van der Waals surface area (Å²) in [6.45, 7) is 6.96. The number of hydrogen-bond donors (Lipinski definition) is 2. The molecule has 0 atom stereocenters. The molecule has 0 fully saturated rings. The second kappa shape index (κ2) is 13.2. The van der Waals surface area contributed by atoms with Crippen molar-refractivity contribution in [2.24, 2.45) is 0 Å². The molecule has 2 N–H and O–H groups in total. The molecule has 234 valence electrons. The predicted molar refractivity (Wildman–Crippen MR) is 162 cm³/mol. The first kappa shape index (κ1) is 33.3. The van der Waals surface area contributed by atoms with Crippen molar-refractivity contribution in [3.05, 3.63) is 106 Å². The van der Waals surface area contributed by atoms with Crippen molar-refractivity contribution in [1.82, 2.24) is 19.6 Å². The molecule has 4 aromatic rings. The average Bonchev–Trinajstić information content (AvgIpc) is 3.36. The summed E-state index contributed by atoms with van der Waals surface area (Å²) in [6.07, 6.45) is -1.38. The molecule has 0 aliphatic heterocycles. The molecule has 4 rings (SSSR count). The van der Waals surface area contributed by atoms with Gasteiger partial charge in [0.1, 0.15) is 11.6 Å². The van der Waals surface area contributed by atoms with E-state index in [1.807, 2.05) is 4.72 Å². The van der Waals surface area contributed by atoms with Crippen molar-refractivity contribution in [1.29, 1.82) is 0 Å². The third-order valence-corrected chi connectivity index (χ3v) is 9.43. The number of halogens is 5. The molecule has 1 heterocycles. The lowest BCUT2D eigenvalue weighted by Gasteiger charge is -2.28. The fourth-order valence-corrected chi connectivity index (χ4v) is 6.71. The van der Waals surface area contributed by atoms with E-state index < -0.39 is 45.1 Å². The molecule has 0 saturated heterocycles. The maximum absolute atomic E-state index is 14.6. The first-order valence-electron chi connectivity index (χ1n) is 13.3. The van der Waals surface area contributed by atoms with Gasteiger partial charge in [-0.1, -0.05) is 55.4 Å². The van der Waals surface area contributed by atoms with Crippen molar-refractivity contribution in [3.63, 3.8) is 0 Å². The Morgan fingerprint density at radius 1 is 1.05 bits per heavy atom. The Morgan fingerprint density at radius 3 is 2.32 bits per heavy atom. The van der Waals surface area contributed by atoms with Crippen LogP contribution in [0.5, 0.6) is 0 Å². The molecule has 3 aromatic carbocycles. The summed E-state index contributed by atoms with van der Waals surface area (Å²) in [6, 6.07) is 12.2. The normalized spacial score (nSPS) is 12.2. The number of sulfonamides is 1. The van der Waals surface area contributed by atoms with Gasteiger partial charge in [0.05, 0.1) is 22.3 Å². The molecule has 14 heteroatoms. The van der Waals surface area contributed by atoms with Gasteiger partial charge in [-0.15, -0.1) is 0 Å². The fourth-order valence-electron chi connectivity index (χ4n) is 4.39. The zero-order chi connectivity index (χ0) is 32.4. The number of thioether (sulfide) groups is 1. The van der Waals surface area contributed by atoms with Gasteiger partial charge < -0.3 is 5.32 Å². The van der Waals surface area contributed by atoms with Gasteiger partial charge >= 0.3 is 6.03 Å². The van der Waals surface area contributed by atoms with Gasteiger partial charge in [0, 0.05) is 27.9 Å². The number of carbonyl (C=O) groups excluding carboxylic acids is 1. The van der Waals surface area contributed by atoms with E-state index in [1.54, 1.807) is 50.6 Å². The zero-order valence-electron chi connectivity index (χ0n) is 24.0. The lowest BCUT2D eigenvalue weighted by Crippen LogP contribution is -2.42. The monoisotopic (exact) mass is 668 g/mol. The highest BCUT2D eigenvalue weighted by atomic mass is 35.5. The van der Waals surface area contributed by atoms with E-state index in [0.717, 1.165) is 12.1 Å². The van der Waals surface area contributed by atoms with Gasteiger partial charge in [-0.2, -0.15) is 0 Å². The molecular formula is C30H29ClF4N4O3S2. The quantitative estimate of drug-likeness (QED) is 0.133. The first-order valence-corrected chi connectivity index (χ1v) is 16.1. The van der Waals surface area contributed by atoms with Crippen LogP contribution in [0.2, 0.25) is 5.02 Å². The molecule has 7 nitrogen and oxygen atoms in total. The van der Waals surface area contributed by atoms with Crippen molar-refractivity contribution in [3.8, 4) is 5.69 Å². The molecule has 44 heavy (non-hydrogen) atoms. The number of benzene rings is 3. The molecule has 0 unspecified atom stereocenters. The topological polar surface area (TPSA) is 93.1 Å². The molecular weight excluding hydrogens is 640 g/mol. The SMILES string of the molecule is CC(C)NC(=O)NS(=O)(=O)c1ccc(CSc2ncc(C(C)(C)c3ccc(C(F)F)c(F)c3)n2-c2ccc(F)cc2)c(Cl)c1. The molecule has 0 spiro atoms. The van der Waals surface area contributed by atoms with E-state index >= 15 is 0 Å². The molecule has 0 radical (unpaired) electrons. The Morgan fingerprint density at radius 2 is 1.73 bits per heavy atom. The summed E-state index contributed by atoms with van der Waals surface area (Å²) in [5, 5.41) is 3.04. The molecule has 0 aliphatic carbocycles. The van der Waals surface area contributed by atoms with Crippen molar-refractivity contribution < 1.29 is 30.8 Å². The number of nitrogens with zero attached hydrogens (tertiary/aromatic N) is 2. The number of imidazole rings is 1. The number of amides is 2. The number of rotatable bonds is 10. The number of alkyl halides is 2. The summed E-state index contributed by atoms with van der Waals surface area (Å²) in [5.74, 6) is -1.23. The molecule has 0 aliphatic rings. The summed E-state index contributed by atoms with van der Waals surface area (Å²) < 4.78 is 83.7. The summed E-state index contributed by atoms with van der Waals surface area (Å²) in [4.78, 5) is 16.3. The van der Waals surface area contributed by atoms with Crippen molar-refractivity contribution in [2.45, 2.75) is 61.4 Å². The van der Waals surface area contributed by atoms with E-state index in [-0.39, 0.29) is 21.7 Å². The summed E-state index contributed by atoms with van der Waals surface area (Å²) in [7, 11) is -4.18. The minimum Gasteiger partial charge on any atom is -0.335 e. The smallest absolute Gasteiger partial charge is 0.328 e. The van der Waals surface area contributed by atoms with Crippen LogP contribution in [0.4, 0.5) is 22.4 Å². The Hall–Kier alpha value is -3.55. The number of urea groups is 1. The third-order valence-electron chi connectivity index (χ3n) is 6.75. The van der Waals surface area contributed by atoms with Gasteiger partial charge in [-0.05, 0) is 67.4 Å². The Kier molecular flexibility index (Phi) is 10.0. The highest BCUT2D eigenvalue weighted by Crippen LogP contribution is 2.38. The lowest BCUT2D eigenvalue weighted by atomic mass is 9.81. The van der Waals surface area contributed by atoms with Gasteiger partial charge in [-0.3, -0.25) is 4.57 Å². The third kappa shape index (κ3) is 7.39. The van der Waals surface area contributed by atoms with Crippen LogP contribution in [0.25, 0.3) is 5.69 Å². The predicted octanol–water partition coefficient (Wildman–Crippen LogP) is 7.76. The Bertz CT molecular complexity index is 1780. The second-order valence-corrected chi connectivity index (χ2v) is 13.7. The number of hydrogen-bond acceptors (Lipinski definition) is 5. The van der Waals surface area contributed by atoms with E-state index in [0.29, 0.717) is 27.7 Å². The standard InChI is InChI=1S/C30H29ClF4N4O3S2/c1-17(2)37-28(40)38-44(41,42)22-11-5-18(24(31)14-22)16-43-29-36-15-26(39(29)21-9-7-20(32)8-10-21)30(3,4)19-6-12-23(27(34)35)25(33)13-19/h5-15,17,27H,16H2,1-4H3,(H2,37,38,40). The molecule has 2 amide bonds. The molecule has 1 aromatic heterocycles. The van der Waals surface area contributed by atoms with Crippen LogP contribution >= 0.6 is 23.4 Å². The largest absolute Gasteiger partial charge is 0.335 e. The minimum absolute atomic E-state index is 0.139. The first-order chi connectivity index (χ1) is 20.6. The number of carbonyl (C=O) groups is 1. The summed E-state index contributed by atoms with van der Waals surface area (Å²) in [5.41, 5.74) is 0.505. The Labute approximate surface area is 262 Å². The van der Waals surface area contributed by atoms with E-state index in [1.165, 1.54) is 48.2 Å².